The van der Waals surface area contributed by atoms with E-state index in [0.29, 0.717) is 40.9 Å². The Balaban J connectivity index is 1.16. The molecule has 1 saturated heterocycles. The van der Waals surface area contributed by atoms with Gasteiger partial charge in [-0.05, 0) is 61.7 Å². The van der Waals surface area contributed by atoms with Gasteiger partial charge in [0.1, 0.15) is 10.8 Å². The van der Waals surface area contributed by atoms with Crippen LogP contribution in [0, 0.1) is 0 Å². The molecule has 9 nitrogen and oxygen atoms in total. The third-order valence-electron chi connectivity index (χ3n) is 8.47. The Bertz CT molecular complexity index is 1730. The first kappa shape index (κ1) is 30.1. The highest BCUT2D eigenvalue weighted by molar-refractivity contribution is 7.88. The van der Waals surface area contributed by atoms with Crippen molar-refractivity contribution in [3.63, 3.8) is 0 Å². The van der Waals surface area contributed by atoms with Crippen LogP contribution in [0.4, 0.5) is 13.2 Å². The van der Waals surface area contributed by atoms with Gasteiger partial charge in [0.05, 0.1) is 30.2 Å². The molecule has 1 atom stereocenters. The van der Waals surface area contributed by atoms with Crippen molar-refractivity contribution in [2.45, 2.75) is 50.6 Å². The second kappa shape index (κ2) is 11.5. The fraction of sp³-hybridized carbons (Fsp3) is 0.448. The first-order valence-corrected chi connectivity index (χ1v) is 16.3. The Labute approximate surface area is 252 Å². The number of pyridine rings is 1. The minimum absolute atomic E-state index is 0.0731. The van der Waals surface area contributed by atoms with Crippen LogP contribution < -0.4 is 0 Å². The monoisotopic (exact) mass is 636 g/mol. The quantitative estimate of drug-likeness (QED) is 0.286. The zero-order valence-corrected chi connectivity index (χ0v) is 25.1. The van der Waals surface area contributed by atoms with E-state index >= 15 is 0 Å². The number of aliphatic hydroxyl groups excluding tert-OH is 1. The van der Waals surface area contributed by atoms with Gasteiger partial charge in [-0.2, -0.15) is 22.6 Å². The second-order valence-corrected chi connectivity index (χ2v) is 13.8. The van der Waals surface area contributed by atoms with Crippen LogP contribution in [0.25, 0.3) is 22.3 Å². The summed E-state index contributed by atoms with van der Waals surface area (Å²) in [5.41, 5.74) is 3.57. The lowest BCUT2D eigenvalue weighted by molar-refractivity contribution is -0.137. The number of halogens is 4. The van der Waals surface area contributed by atoms with E-state index in [1.54, 1.807) is 10.7 Å². The molecule has 230 valence electrons. The number of likely N-dealkylation sites (tertiary alicyclic amines) is 1. The van der Waals surface area contributed by atoms with Gasteiger partial charge in [-0.3, -0.25) is 4.68 Å². The van der Waals surface area contributed by atoms with Crippen molar-refractivity contribution in [2.24, 2.45) is 0 Å². The van der Waals surface area contributed by atoms with Crippen molar-refractivity contribution < 1.29 is 26.7 Å². The normalized spacial score (nSPS) is 18.3. The van der Waals surface area contributed by atoms with E-state index < -0.39 is 27.9 Å². The van der Waals surface area contributed by atoms with E-state index in [1.165, 1.54) is 22.0 Å². The molecule has 0 radical (unpaired) electrons. The van der Waals surface area contributed by atoms with E-state index in [1.807, 2.05) is 12.3 Å². The van der Waals surface area contributed by atoms with Gasteiger partial charge in [0.25, 0.3) is 0 Å². The first-order valence-electron chi connectivity index (χ1n) is 14.1. The molecule has 1 aromatic carbocycles. The number of aliphatic hydroxyl groups is 1. The van der Waals surface area contributed by atoms with E-state index in [4.69, 9.17) is 16.7 Å². The van der Waals surface area contributed by atoms with Crippen LogP contribution in [0.5, 0.6) is 0 Å². The predicted octanol–water partition coefficient (Wildman–Crippen LogP) is 4.66. The maximum Gasteiger partial charge on any atom is 0.416 e. The molecule has 0 amide bonds. The number of β-amino-alcohol motifs (C(OH)–C–C–N with tert-alkyl or cyclic N) is 1. The smallest absolute Gasteiger partial charge is 0.390 e. The average Bonchev–Trinajstić information content (AvgIpc) is 3.53. The summed E-state index contributed by atoms with van der Waals surface area (Å²) >= 11 is 6.02. The number of nitrogens with one attached hydrogen (secondary N) is 1. The van der Waals surface area contributed by atoms with E-state index in [-0.39, 0.29) is 19.6 Å². The highest BCUT2D eigenvalue weighted by atomic mass is 35.5. The van der Waals surface area contributed by atoms with Gasteiger partial charge in [0, 0.05) is 54.5 Å². The highest BCUT2D eigenvalue weighted by Crippen LogP contribution is 2.35. The molecule has 0 aliphatic carbocycles. The van der Waals surface area contributed by atoms with Gasteiger partial charge in [-0.15, -0.1) is 0 Å². The van der Waals surface area contributed by atoms with Crippen molar-refractivity contribution in [1.82, 2.24) is 29.0 Å². The Morgan fingerprint density at radius 3 is 2.49 bits per heavy atom. The number of alkyl halides is 3. The summed E-state index contributed by atoms with van der Waals surface area (Å²) < 4.78 is 67.1. The molecule has 43 heavy (non-hydrogen) atoms. The largest absolute Gasteiger partial charge is 0.416 e. The molecule has 2 aliphatic rings. The van der Waals surface area contributed by atoms with Crippen molar-refractivity contribution in [3.05, 3.63) is 70.1 Å². The van der Waals surface area contributed by atoms with Gasteiger partial charge in [-0.25, -0.2) is 13.4 Å². The van der Waals surface area contributed by atoms with Gasteiger partial charge >= 0.3 is 6.18 Å². The molecule has 5 heterocycles. The summed E-state index contributed by atoms with van der Waals surface area (Å²) in [5, 5.41) is 17.3. The maximum atomic E-state index is 13.2. The number of piperidine rings is 1. The number of H-pyrrole nitrogens is 1. The Kier molecular flexibility index (Phi) is 8.05. The topological polar surface area (TPSA) is 107 Å². The maximum absolute atomic E-state index is 13.2. The lowest BCUT2D eigenvalue weighted by Gasteiger charge is -2.33. The number of rotatable bonds is 7. The molecule has 2 N–H and O–H groups in total. The van der Waals surface area contributed by atoms with Gasteiger partial charge in [0.15, 0.2) is 0 Å². The number of aromatic amines is 1. The molecule has 14 heteroatoms. The summed E-state index contributed by atoms with van der Waals surface area (Å²) in [6, 6.07) is 8.49. The predicted molar refractivity (Wildman–Crippen MR) is 157 cm³/mol. The molecule has 0 bridgehead atoms. The Morgan fingerprint density at radius 1 is 1.09 bits per heavy atom. The summed E-state index contributed by atoms with van der Waals surface area (Å²) in [6.07, 6.45) is 0.176. The number of hydrogen-bond acceptors (Lipinski definition) is 6. The molecule has 0 spiro atoms. The fourth-order valence-electron chi connectivity index (χ4n) is 6.27. The molecule has 2 aliphatic heterocycles. The number of hydrogen-bond donors (Lipinski definition) is 2. The third kappa shape index (κ3) is 6.32. The summed E-state index contributed by atoms with van der Waals surface area (Å²) in [4.78, 5) is 9.78. The zero-order chi connectivity index (χ0) is 30.5. The van der Waals surface area contributed by atoms with Crippen molar-refractivity contribution in [2.75, 3.05) is 32.4 Å². The van der Waals surface area contributed by atoms with E-state index in [2.05, 4.69) is 14.9 Å². The van der Waals surface area contributed by atoms with Crippen LogP contribution in [0.2, 0.25) is 5.15 Å². The van der Waals surface area contributed by atoms with Crippen molar-refractivity contribution in [1.29, 1.82) is 0 Å². The van der Waals surface area contributed by atoms with Crippen LogP contribution in [-0.2, 0) is 35.7 Å². The molecule has 6 rings (SSSR count). The van der Waals surface area contributed by atoms with Crippen LogP contribution in [-0.4, -0.2) is 81.0 Å². The fourth-order valence-corrected chi connectivity index (χ4v) is 7.21. The Hall–Kier alpha value is -2.97. The van der Waals surface area contributed by atoms with E-state index in [9.17, 15) is 26.7 Å². The molecule has 1 fully saturated rings. The number of benzene rings is 1. The van der Waals surface area contributed by atoms with Crippen LogP contribution in [0.3, 0.4) is 0 Å². The highest BCUT2D eigenvalue weighted by Gasteiger charge is 2.33. The lowest BCUT2D eigenvalue weighted by Crippen LogP contribution is -2.40. The minimum atomic E-state index is -4.47. The number of sulfonamides is 1. The molecular formula is C29H32ClF3N6O3S. The van der Waals surface area contributed by atoms with Crippen LogP contribution in [0.15, 0.2) is 42.6 Å². The van der Waals surface area contributed by atoms with Crippen LogP contribution in [0.1, 0.15) is 41.1 Å². The average molecular weight is 637 g/mol. The van der Waals surface area contributed by atoms with Gasteiger partial charge < -0.3 is 15.0 Å². The first-order chi connectivity index (χ1) is 20.4. The summed E-state index contributed by atoms with van der Waals surface area (Å²) in [6.45, 7) is 2.60. The summed E-state index contributed by atoms with van der Waals surface area (Å²) in [5.74, 6) is 0.368. The van der Waals surface area contributed by atoms with Crippen molar-refractivity contribution >= 4 is 32.7 Å². The molecule has 1 unspecified atom stereocenters. The molecule has 0 saturated carbocycles. The Morgan fingerprint density at radius 2 is 1.81 bits per heavy atom. The molecule has 3 aromatic heterocycles. The van der Waals surface area contributed by atoms with Gasteiger partial charge in [0.2, 0.25) is 10.0 Å². The lowest BCUT2D eigenvalue weighted by atomic mass is 9.89. The molecular weight excluding hydrogens is 605 g/mol. The standard InChI is InChI=1S/C29H32ClF3N6O3S/c1-43(41,42)38-13-10-25-24(17-38)27(19-2-4-20(5-3-19)29(31,32)33)36-39(25)16-21(40)15-37-11-8-18(9-12-37)23-14-34-28-22(23)6-7-26(30)35-28/h2-7,14,18,21,40H,8-13,15-17H2,1H3,(H,34,35). The minimum Gasteiger partial charge on any atom is -0.390 e. The number of fused-ring (bicyclic) bond motifs is 2. The van der Waals surface area contributed by atoms with E-state index in [0.717, 1.165) is 61.0 Å². The number of aromatic nitrogens is 4. The van der Waals surface area contributed by atoms with Gasteiger partial charge in [-0.1, -0.05) is 23.7 Å². The third-order valence-corrected chi connectivity index (χ3v) is 9.93. The number of nitrogens with zero attached hydrogens (tertiary/aromatic N) is 5. The molecule has 4 aromatic rings. The zero-order valence-electron chi connectivity index (χ0n) is 23.5. The second-order valence-electron chi connectivity index (χ2n) is 11.4. The SMILES string of the molecule is CS(=O)(=O)N1CCc2c(c(-c3ccc(C(F)(F)F)cc3)nn2CC(O)CN2CCC(c3c[nH]c4nc(Cl)ccc34)CC2)C1. The summed E-state index contributed by atoms with van der Waals surface area (Å²) in [7, 11) is -3.48. The van der Waals surface area contributed by atoms with Crippen LogP contribution >= 0.6 is 11.6 Å². The van der Waals surface area contributed by atoms with Crippen molar-refractivity contribution in [3.8, 4) is 11.3 Å².